The van der Waals surface area contributed by atoms with Gasteiger partial charge < -0.3 is 26.8 Å². The molecule has 300 valence electrons. The van der Waals surface area contributed by atoms with Crippen molar-refractivity contribution in [2.75, 3.05) is 11.5 Å². The van der Waals surface area contributed by atoms with E-state index in [0.717, 1.165) is 30.3 Å². The molecule has 7 rings (SSSR count). The summed E-state index contributed by atoms with van der Waals surface area (Å²) in [6, 6.07) is 20.4. The number of azo groups is 3. The molecular formula is C36H26N8O12S3. The molecule has 0 saturated carbocycles. The first kappa shape index (κ1) is 40.1. The van der Waals surface area contributed by atoms with Gasteiger partial charge in [0.1, 0.15) is 32.6 Å². The van der Waals surface area contributed by atoms with Crippen molar-refractivity contribution in [1.82, 2.24) is 0 Å². The summed E-state index contributed by atoms with van der Waals surface area (Å²) >= 11 is 0. The van der Waals surface area contributed by atoms with Gasteiger partial charge in [0.05, 0.1) is 22.0 Å². The van der Waals surface area contributed by atoms with Gasteiger partial charge in [-0.2, -0.15) is 40.6 Å². The molecule has 0 fully saturated rings. The molecule has 0 radical (unpaired) electrons. The lowest BCUT2D eigenvalue weighted by molar-refractivity contribution is 0.471. The number of phenols is 3. The van der Waals surface area contributed by atoms with Crippen LogP contribution < -0.4 is 11.5 Å². The van der Waals surface area contributed by atoms with E-state index in [-0.39, 0.29) is 72.2 Å². The summed E-state index contributed by atoms with van der Waals surface area (Å²) in [5, 5.41) is 57.3. The molecule has 0 heterocycles. The van der Waals surface area contributed by atoms with E-state index in [0.29, 0.717) is 0 Å². The van der Waals surface area contributed by atoms with E-state index in [1.54, 1.807) is 0 Å². The highest BCUT2D eigenvalue weighted by atomic mass is 32.2. The second kappa shape index (κ2) is 14.7. The minimum atomic E-state index is -5.00. The van der Waals surface area contributed by atoms with Crippen LogP contribution in [0.1, 0.15) is 0 Å². The molecule has 7 aromatic carbocycles. The molecule has 0 atom stereocenters. The number of fused-ring (bicyclic) bond motifs is 3. The third kappa shape index (κ3) is 8.04. The Balaban J connectivity index is 1.21. The largest absolute Gasteiger partial charge is 0.506 e. The Morgan fingerprint density at radius 3 is 1.42 bits per heavy atom. The van der Waals surface area contributed by atoms with Crippen molar-refractivity contribution in [2.45, 2.75) is 14.7 Å². The van der Waals surface area contributed by atoms with Crippen LogP contribution in [0.25, 0.3) is 32.3 Å². The summed E-state index contributed by atoms with van der Waals surface area (Å²) < 4.78 is 102. The molecule has 0 aliphatic rings. The van der Waals surface area contributed by atoms with Crippen LogP contribution in [-0.2, 0) is 30.4 Å². The number of phenolic OH excluding ortho intramolecular Hbond substituents is 3. The molecule has 0 saturated heterocycles. The number of aromatic hydroxyl groups is 3. The van der Waals surface area contributed by atoms with Crippen molar-refractivity contribution < 1.29 is 54.2 Å². The summed E-state index contributed by atoms with van der Waals surface area (Å²) in [7, 11) is -14.5. The summed E-state index contributed by atoms with van der Waals surface area (Å²) in [4.78, 5) is -1.98. The Labute approximate surface area is 332 Å². The van der Waals surface area contributed by atoms with Gasteiger partial charge in [-0.25, -0.2) is 0 Å². The Morgan fingerprint density at radius 1 is 0.424 bits per heavy atom. The summed E-state index contributed by atoms with van der Waals surface area (Å²) in [5.41, 5.74) is 11.0. The lowest BCUT2D eigenvalue weighted by Crippen LogP contribution is -1.99. The minimum absolute atomic E-state index is 0.0128. The first-order valence-electron chi connectivity index (χ1n) is 16.4. The highest BCUT2D eigenvalue weighted by Crippen LogP contribution is 2.45. The van der Waals surface area contributed by atoms with Crippen LogP contribution in [0.5, 0.6) is 17.2 Å². The zero-order valence-corrected chi connectivity index (χ0v) is 31.9. The maximum Gasteiger partial charge on any atom is 0.296 e. The second-order valence-electron chi connectivity index (χ2n) is 12.6. The van der Waals surface area contributed by atoms with Crippen molar-refractivity contribution in [2.24, 2.45) is 30.7 Å². The van der Waals surface area contributed by atoms with Gasteiger partial charge in [-0.05, 0) is 83.6 Å². The average Bonchev–Trinajstić information content (AvgIpc) is 3.16. The van der Waals surface area contributed by atoms with Gasteiger partial charge in [-0.15, -0.1) is 15.3 Å². The Kier molecular flexibility index (Phi) is 9.95. The SMILES string of the molecule is Nc1ccc2cc(S(=O)(=O)O)c(N=Nc3ccc4cc(S(=O)(=O)O)c(N=Nc5ccc(N=Nc6c(O)cc(N)c7cc(S(=O)(=O)O)ccc67)cc5)c(O)c4c3)c(O)c2c1. The van der Waals surface area contributed by atoms with E-state index in [4.69, 9.17) is 11.5 Å². The molecule has 23 heteroatoms. The van der Waals surface area contributed by atoms with Gasteiger partial charge in [0.2, 0.25) is 0 Å². The van der Waals surface area contributed by atoms with Gasteiger partial charge in [0.15, 0.2) is 11.5 Å². The molecule has 0 unspecified atom stereocenters. The van der Waals surface area contributed by atoms with E-state index in [2.05, 4.69) is 30.7 Å². The third-order valence-corrected chi connectivity index (χ3v) is 11.3. The number of hydrogen-bond acceptors (Lipinski definition) is 17. The van der Waals surface area contributed by atoms with Crippen LogP contribution >= 0.6 is 0 Å². The molecule has 7 aromatic rings. The molecule has 0 aliphatic heterocycles. The van der Waals surface area contributed by atoms with E-state index in [1.807, 2.05) is 0 Å². The lowest BCUT2D eigenvalue weighted by Gasteiger charge is -2.10. The van der Waals surface area contributed by atoms with Crippen LogP contribution in [0.4, 0.5) is 45.5 Å². The van der Waals surface area contributed by atoms with Crippen LogP contribution in [0.15, 0.2) is 142 Å². The Bertz CT molecular complexity index is 3360. The lowest BCUT2D eigenvalue weighted by atomic mass is 10.1. The smallest absolute Gasteiger partial charge is 0.296 e. The standard InChI is InChI=1S/C36H26N8O12S3/c37-19-3-1-17-11-30(58(51,52)53)33(35(46)25(17)13-19)44-41-22-4-2-18-12-31(59(54,55)56)34(36(47)26(18)14-22)43-40-21-7-5-20(6-8-21)39-42-32-24-10-9-23(57(48,49)50)15-27(24)28(38)16-29(32)45/h1-16,45-47H,37-38H2,(H,48,49,50)(H,51,52,53)(H,54,55,56). The number of nitrogen functional groups attached to an aromatic ring is 2. The van der Waals surface area contributed by atoms with E-state index in [1.165, 1.54) is 66.7 Å². The van der Waals surface area contributed by atoms with Crippen molar-refractivity contribution in [3.63, 3.8) is 0 Å². The van der Waals surface area contributed by atoms with Crippen LogP contribution in [0.3, 0.4) is 0 Å². The van der Waals surface area contributed by atoms with Crippen molar-refractivity contribution >= 4 is 108 Å². The van der Waals surface area contributed by atoms with Gasteiger partial charge in [-0.3, -0.25) is 13.7 Å². The number of anilines is 2. The normalized spacial score (nSPS) is 12.9. The van der Waals surface area contributed by atoms with Crippen LogP contribution in [-0.4, -0.2) is 54.2 Å². The summed E-state index contributed by atoms with van der Waals surface area (Å²) in [6.45, 7) is 0. The van der Waals surface area contributed by atoms with Gasteiger partial charge in [0, 0.05) is 39.0 Å². The number of benzene rings is 7. The fourth-order valence-electron chi connectivity index (χ4n) is 5.91. The molecule has 10 N–H and O–H groups in total. The van der Waals surface area contributed by atoms with E-state index >= 15 is 0 Å². The Hall–Kier alpha value is -7.15. The highest BCUT2D eigenvalue weighted by Gasteiger charge is 2.24. The molecule has 0 bridgehead atoms. The molecule has 0 spiro atoms. The number of nitrogens with zero attached hydrogens (tertiary/aromatic N) is 6. The third-order valence-electron chi connectivity index (χ3n) is 8.70. The maximum absolute atomic E-state index is 12.4. The minimum Gasteiger partial charge on any atom is -0.506 e. The molecule has 20 nitrogen and oxygen atoms in total. The predicted octanol–water partition coefficient (Wildman–Crippen LogP) is 8.41. The first-order chi connectivity index (χ1) is 27.7. The monoisotopic (exact) mass is 858 g/mol. The zero-order valence-electron chi connectivity index (χ0n) is 29.4. The number of nitrogens with two attached hydrogens (primary N) is 2. The first-order valence-corrected chi connectivity index (χ1v) is 20.7. The quantitative estimate of drug-likeness (QED) is 0.0384. The molecular weight excluding hydrogens is 833 g/mol. The van der Waals surface area contributed by atoms with E-state index < -0.39 is 67.9 Å². The van der Waals surface area contributed by atoms with Crippen molar-refractivity contribution in [3.05, 3.63) is 97.1 Å². The highest BCUT2D eigenvalue weighted by molar-refractivity contribution is 7.86. The summed E-state index contributed by atoms with van der Waals surface area (Å²) in [6.07, 6.45) is 0. The fourth-order valence-corrected chi connectivity index (χ4v) is 7.73. The van der Waals surface area contributed by atoms with Crippen LogP contribution in [0.2, 0.25) is 0 Å². The van der Waals surface area contributed by atoms with Gasteiger partial charge in [0.25, 0.3) is 30.4 Å². The van der Waals surface area contributed by atoms with E-state index in [9.17, 15) is 54.2 Å². The Morgan fingerprint density at radius 2 is 0.898 bits per heavy atom. The average molecular weight is 859 g/mol. The van der Waals surface area contributed by atoms with Crippen molar-refractivity contribution in [3.8, 4) is 17.2 Å². The molecule has 0 aliphatic carbocycles. The molecule has 59 heavy (non-hydrogen) atoms. The van der Waals surface area contributed by atoms with Crippen LogP contribution in [0, 0.1) is 0 Å². The van der Waals surface area contributed by atoms with Gasteiger partial charge >= 0.3 is 0 Å². The van der Waals surface area contributed by atoms with Gasteiger partial charge in [-0.1, -0.05) is 18.2 Å². The maximum atomic E-state index is 12.4. The second-order valence-corrected chi connectivity index (χ2v) is 16.8. The zero-order chi connectivity index (χ0) is 42.6. The molecule has 0 aromatic heterocycles. The number of hydrogen-bond donors (Lipinski definition) is 8. The summed E-state index contributed by atoms with van der Waals surface area (Å²) in [5.74, 6) is -1.78. The number of rotatable bonds is 9. The molecule has 0 amide bonds. The topological polar surface area (TPSA) is 350 Å². The fraction of sp³-hybridized carbons (Fsp3) is 0. The van der Waals surface area contributed by atoms with Crippen molar-refractivity contribution in [1.29, 1.82) is 0 Å². The predicted molar refractivity (Wildman–Crippen MR) is 214 cm³/mol.